The summed E-state index contributed by atoms with van der Waals surface area (Å²) in [6.45, 7) is 4.79. The highest BCUT2D eigenvalue weighted by atomic mass is 32.2. The van der Waals surface area contributed by atoms with Crippen molar-refractivity contribution in [1.82, 2.24) is 9.21 Å². The third kappa shape index (κ3) is 5.86. The van der Waals surface area contributed by atoms with Crippen molar-refractivity contribution in [3.05, 3.63) is 63.2 Å². The van der Waals surface area contributed by atoms with Gasteiger partial charge in [0.05, 0.1) is 23.0 Å². The molecule has 0 radical (unpaired) electrons. The summed E-state index contributed by atoms with van der Waals surface area (Å²) in [4.78, 5) is 24.6. The molecule has 2 aromatic carbocycles. The van der Waals surface area contributed by atoms with Gasteiger partial charge in [0.1, 0.15) is 0 Å². The number of likely N-dealkylation sites (N-methyl/N-ethyl adjacent to an activating group) is 1. The minimum atomic E-state index is -3.90. The zero-order valence-corrected chi connectivity index (χ0v) is 19.6. The van der Waals surface area contributed by atoms with Gasteiger partial charge in [-0.05, 0) is 37.1 Å². The number of benzene rings is 2. The van der Waals surface area contributed by atoms with Gasteiger partial charge in [0.25, 0.3) is 5.91 Å². The van der Waals surface area contributed by atoms with Gasteiger partial charge in [-0.3, -0.25) is 14.9 Å². The first-order chi connectivity index (χ1) is 15.6. The summed E-state index contributed by atoms with van der Waals surface area (Å²) in [5, 5.41) is 11.6. The lowest BCUT2D eigenvalue weighted by Gasteiger charge is -2.26. The largest absolute Gasteiger partial charge is 0.477 e. The summed E-state index contributed by atoms with van der Waals surface area (Å²) in [5.74, 6) is -0.538. The third-order valence-electron chi connectivity index (χ3n) is 5.42. The Kier molecular flexibility index (Phi) is 7.67. The summed E-state index contributed by atoms with van der Waals surface area (Å²) in [6, 6.07) is 9.37. The van der Waals surface area contributed by atoms with Crippen molar-refractivity contribution in [3.63, 3.8) is 0 Å². The van der Waals surface area contributed by atoms with E-state index in [1.54, 1.807) is 7.05 Å². The highest BCUT2D eigenvalue weighted by Crippen LogP contribution is 2.31. The van der Waals surface area contributed by atoms with Crippen LogP contribution in [0.1, 0.15) is 16.7 Å². The maximum atomic E-state index is 12.8. The first-order valence-electron chi connectivity index (χ1n) is 10.4. The zero-order valence-electron chi connectivity index (χ0n) is 18.8. The van der Waals surface area contributed by atoms with Crippen LogP contribution < -0.4 is 4.74 Å². The predicted molar refractivity (Wildman–Crippen MR) is 121 cm³/mol. The van der Waals surface area contributed by atoms with Crippen molar-refractivity contribution in [2.24, 2.45) is 0 Å². The summed E-state index contributed by atoms with van der Waals surface area (Å²) < 4.78 is 37.4. The molecule has 0 unspecified atom stereocenters. The second-order valence-corrected chi connectivity index (χ2v) is 9.81. The fraction of sp³-hybridized carbons (Fsp3) is 0.409. The van der Waals surface area contributed by atoms with Crippen molar-refractivity contribution < 1.29 is 27.6 Å². The van der Waals surface area contributed by atoms with E-state index in [9.17, 15) is 23.3 Å². The van der Waals surface area contributed by atoms with Crippen LogP contribution in [0.3, 0.4) is 0 Å². The Bertz CT molecular complexity index is 1140. The minimum Gasteiger partial charge on any atom is -0.477 e. The van der Waals surface area contributed by atoms with E-state index in [0.29, 0.717) is 6.54 Å². The number of sulfonamides is 1. The van der Waals surface area contributed by atoms with Crippen LogP contribution in [0.25, 0.3) is 0 Å². The Morgan fingerprint density at radius 3 is 2.52 bits per heavy atom. The van der Waals surface area contributed by atoms with E-state index in [4.69, 9.17) is 9.47 Å². The maximum Gasteiger partial charge on any atom is 0.312 e. The zero-order chi connectivity index (χ0) is 24.2. The molecule has 33 heavy (non-hydrogen) atoms. The number of carbonyl (C=O) groups is 1. The SMILES string of the molecule is Cc1ccc(CN(C)C(=O)COc2ccc(S(=O)(=O)N3CCOCC3)cc2[N+](=O)[O-])c(C)c1. The lowest BCUT2D eigenvalue weighted by atomic mass is 10.1. The van der Waals surface area contributed by atoms with Crippen LogP contribution >= 0.6 is 0 Å². The summed E-state index contributed by atoms with van der Waals surface area (Å²) in [7, 11) is -2.28. The molecule has 1 aliphatic heterocycles. The second-order valence-electron chi connectivity index (χ2n) is 7.87. The lowest BCUT2D eigenvalue weighted by molar-refractivity contribution is -0.386. The van der Waals surface area contributed by atoms with Gasteiger partial charge < -0.3 is 14.4 Å². The summed E-state index contributed by atoms with van der Waals surface area (Å²) in [6.07, 6.45) is 0. The normalized spacial score (nSPS) is 14.6. The van der Waals surface area contributed by atoms with Gasteiger partial charge in [-0.25, -0.2) is 8.42 Å². The topological polar surface area (TPSA) is 119 Å². The number of rotatable bonds is 8. The first-order valence-corrected chi connectivity index (χ1v) is 11.8. The highest BCUT2D eigenvalue weighted by molar-refractivity contribution is 7.89. The summed E-state index contributed by atoms with van der Waals surface area (Å²) >= 11 is 0. The number of nitro groups is 1. The Labute approximate surface area is 192 Å². The van der Waals surface area contributed by atoms with E-state index in [1.807, 2.05) is 32.0 Å². The standard InChI is InChI=1S/C22H27N3O7S/c1-16-4-5-18(17(2)12-16)14-23(3)22(26)15-32-21-7-6-19(13-20(21)25(27)28)33(29,30)24-8-10-31-11-9-24/h4-7,12-13H,8-11,14-15H2,1-3H3. The smallest absolute Gasteiger partial charge is 0.312 e. The van der Waals surface area contributed by atoms with Crippen molar-refractivity contribution in [2.45, 2.75) is 25.3 Å². The van der Waals surface area contributed by atoms with Crippen molar-refractivity contribution in [2.75, 3.05) is 40.0 Å². The van der Waals surface area contributed by atoms with Crippen LogP contribution in [0.4, 0.5) is 5.69 Å². The van der Waals surface area contributed by atoms with E-state index >= 15 is 0 Å². The average molecular weight is 478 g/mol. The Balaban J connectivity index is 1.71. The molecule has 178 valence electrons. The number of aryl methyl sites for hydroxylation is 2. The van der Waals surface area contributed by atoms with Gasteiger partial charge in [-0.15, -0.1) is 0 Å². The van der Waals surface area contributed by atoms with Crippen molar-refractivity contribution in [1.29, 1.82) is 0 Å². The van der Waals surface area contributed by atoms with Crippen LogP contribution in [0.15, 0.2) is 41.3 Å². The average Bonchev–Trinajstić information content (AvgIpc) is 2.79. The molecule has 1 saturated heterocycles. The summed E-state index contributed by atoms with van der Waals surface area (Å²) in [5.41, 5.74) is 2.65. The first kappa shape index (κ1) is 24.6. The predicted octanol–water partition coefficient (Wildman–Crippen LogP) is 2.27. The molecule has 2 aromatic rings. The van der Waals surface area contributed by atoms with Crippen LogP contribution in [0.2, 0.25) is 0 Å². The van der Waals surface area contributed by atoms with E-state index in [1.165, 1.54) is 21.3 Å². The molecule has 1 heterocycles. The second kappa shape index (κ2) is 10.3. The minimum absolute atomic E-state index is 0.172. The molecule has 0 N–H and O–H groups in total. The molecule has 0 aromatic heterocycles. The number of carbonyl (C=O) groups excluding carboxylic acids is 1. The van der Waals surface area contributed by atoms with E-state index in [0.717, 1.165) is 22.8 Å². The number of morpholine rings is 1. The van der Waals surface area contributed by atoms with Crippen LogP contribution in [0.5, 0.6) is 5.75 Å². The molecular weight excluding hydrogens is 450 g/mol. The molecule has 0 bridgehead atoms. The number of nitrogens with zero attached hydrogens (tertiary/aromatic N) is 3. The molecular formula is C22H27N3O7S. The molecule has 1 fully saturated rings. The van der Waals surface area contributed by atoms with Crippen LogP contribution in [-0.2, 0) is 26.1 Å². The number of nitro benzene ring substituents is 1. The van der Waals surface area contributed by atoms with Gasteiger partial charge in [-0.2, -0.15) is 4.31 Å². The number of hydrogen-bond acceptors (Lipinski definition) is 7. The molecule has 0 spiro atoms. The maximum absolute atomic E-state index is 12.8. The Morgan fingerprint density at radius 2 is 1.88 bits per heavy atom. The fourth-order valence-corrected chi connectivity index (χ4v) is 4.90. The van der Waals surface area contributed by atoms with Gasteiger partial charge >= 0.3 is 5.69 Å². The third-order valence-corrected chi connectivity index (χ3v) is 7.31. The van der Waals surface area contributed by atoms with Crippen molar-refractivity contribution in [3.8, 4) is 5.75 Å². The monoisotopic (exact) mass is 477 g/mol. The fourth-order valence-electron chi connectivity index (χ4n) is 3.47. The molecule has 3 rings (SSSR count). The number of hydrogen-bond donors (Lipinski definition) is 0. The molecule has 1 amide bonds. The number of amides is 1. The Morgan fingerprint density at radius 1 is 1.18 bits per heavy atom. The van der Waals surface area contributed by atoms with Crippen LogP contribution in [0, 0.1) is 24.0 Å². The molecule has 11 heteroatoms. The highest BCUT2D eigenvalue weighted by Gasteiger charge is 2.29. The van der Waals surface area contributed by atoms with Crippen LogP contribution in [-0.4, -0.2) is 68.4 Å². The number of ether oxygens (including phenoxy) is 2. The van der Waals surface area contributed by atoms with Gasteiger partial charge in [0.2, 0.25) is 10.0 Å². The van der Waals surface area contributed by atoms with Gasteiger partial charge in [0, 0.05) is 32.7 Å². The van der Waals surface area contributed by atoms with Crippen molar-refractivity contribution >= 4 is 21.6 Å². The van der Waals surface area contributed by atoms with E-state index < -0.39 is 27.2 Å². The quantitative estimate of drug-likeness (QED) is 0.423. The van der Waals surface area contributed by atoms with E-state index in [2.05, 4.69) is 0 Å². The molecule has 0 aliphatic carbocycles. The molecule has 0 atom stereocenters. The lowest BCUT2D eigenvalue weighted by Crippen LogP contribution is -2.40. The van der Waals surface area contributed by atoms with Gasteiger partial charge in [0.15, 0.2) is 12.4 Å². The van der Waals surface area contributed by atoms with E-state index in [-0.39, 0.29) is 42.9 Å². The molecule has 1 aliphatic rings. The molecule has 10 nitrogen and oxygen atoms in total. The Hall–Kier alpha value is -3.02. The molecule has 0 saturated carbocycles. The van der Waals surface area contributed by atoms with Gasteiger partial charge in [-0.1, -0.05) is 23.8 Å².